The molecule has 2 aromatic rings. The predicted molar refractivity (Wildman–Crippen MR) is 120 cm³/mol. The van der Waals surface area contributed by atoms with Gasteiger partial charge < -0.3 is 15.1 Å². The SMILES string of the molecule is CC(=O)N1CCc2cc(C(=O)N(Cc3ccccn3)C3CCCNCC3)ccc21.Cl. The van der Waals surface area contributed by atoms with Gasteiger partial charge in [0.15, 0.2) is 0 Å². The zero-order valence-corrected chi connectivity index (χ0v) is 18.2. The van der Waals surface area contributed by atoms with Gasteiger partial charge in [-0.1, -0.05) is 6.07 Å². The van der Waals surface area contributed by atoms with Crippen LogP contribution in [0.25, 0.3) is 0 Å². The summed E-state index contributed by atoms with van der Waals surface area (Å²) in [5, 5.41) is 3.43. The maximum Gasteiger partial charge on any atom is 0.254 e. The third-order valence-corrected chi connectivity index (χ3v) is 5.91. The van der Waals surface area contributed by atoms with Crippen molar-refractivity contribution in [3.05, 3.63) is 59.4 Å². The van der Waals surface area contributed by atoms with Gasteiger partial charge in [0.25, 0.3) is 5.91 Å². The highest BCUT2D eigenvalue weighted by molar-refractivity contribution is 5.98. The van der Waals surface area contributed by atoms with Crippen LogP contribution in [0.3, 0.4) is 0 Å². The van der Waals surface area contributed by atoms with Crippen LogP contribution in [0.5, 0.6) is 0 Å². The van der Waals surface area contributed by atoms with Crippen LogP contribution in [-0.4, -0.2) is 47.4 Å². The summed E-state index contributed by atoms with van der Waals surface area (Å²) in [5.41, 5.74) is 3.61. The first-order valence-corrected chi connectivity index (χ1v) is 10.5. The number of hydrogen-bond donors (Lipinski definition) is 1. The lowest BCUT2D eigenvalue weighted by Crippen LogP contribution is -2.40. The smallest absolute Gasteiger partial charge is 0.254 e. The van der Waals surface area contributed by atoms with E-state index in [1.807, 2.05) is 41.3 Å². The Bertz CT molecular complexity index is 882. The van der Waals surface area contributed by atoms with E-state index >= 15 is 0 Å². The van der Waals surface area contributed by atoms with Gasteiger partial charge in [0.1, 0.15) is 0 Å². The number of carbonyl (C=O) groups is 2. The number of benzene rings is 1. The van der Waals surface area contributed by atoms with Crippen molar-refractivity contribution in [3.63, 3.8) is 0 Å². The molecular formula is C23H29ClN4O2. The molecule has 1 N–H and O–H groups in total. The molecule has 0 radical (unpaired) electrons. The van der Waals surface area contributed by atoms with Crippen molar-refractivity contribution in [1.82, 2.24) is 15.2 Å². The second-order valence-corrected chi connectivity index (χ2v) is 7.85. The lowest BCUT2D eigenvalue weighted by atomic mass is 10.0. The van der Waals surface area contributed by atoms with Crippen LogP contribution in [0.1, 0.15) is 47.8 Å². The Morgan fingerprint density at radius 2 is 2.07 bits per heavy atom. The van der Waals surface area contributed by atoms with Crippen molar-refractivity contribution in [2.45, 2.75) is 45.2 Å². The minimum absolute atomic E-state index is 0. The van der Waals surface area contributed by atoms with Gasteiger partial charge in [0.2, 0.25) is 5.91 Å². The molecule has 0 bridgehead atoms. The standard InChI is InChI=1S/C23H28N4O2.ClH/c1-17(28)26-14-10-18-15-19(7-8-22(18)26)23(29)27(16-20-5-2-3-12-25-20)21-6-4-11-24-13-9-21;/h2-3,5,7-8,12,15,21,24H,4,6,9-11,13-14,16H2,1H3;1H. The Labute approximate surface area is 184 Å². The summed E-state index contributed by atoms with van der Waals surface area (Å²) < 4.78 is 0. The Morgan fingerprint density at radius 3 is 2.83 bits per heavy atom. The van der Waals surface area contributed by atoms with Crippen molar-refractivity contribution in [2.24, 2.45) is 0 Å². The van der Waals surface area contributed by atoms with Gasteiger partial charge in [-0.3, -0.25) is 14.6 Å². The minimum atomic E-state index is 0. The maximum atomic E-state index is 13.6. The second-order valence-electron chi connectivity index (χ2n) is 7.85. The molecule has 2 aliphatic rings. The number of rotatable bonds is 4. The van der Waals surface area contributed by atoms with Gasteiger partial charge in [0, 0.05) is 37.0 Å². The molecule has 0 aliphatic carbocycles. The van der Waals surface area contributed by atoms with E-state index in [4.69, 9.17) is 0 Å². The Hall–Kier alpha value is -2.44. The maximum absolute atomic E-state index is 13.6. The normalized spacial score (nSPS) is 18.2. The van der Waals surface area contributed by atoms with E-state index in [-0.39, 0.29) is 30.3 Å². The third-order valence-electron chi connectivity index (χ3n) is 5.91. The average Bonchev–Trinajstić information content (AvgIpc) is 2.98. The fourth-order valence-corrected chi connectivity index (χ4v) is 4.37. The van der Waals surface area contributed by atoms with Crippen molar-refractivity contribution >= 4 is 29.9 Å². The summed E-state index contributed by atoms with van der Waals surface area (Å²) in [6.45, 7) is 4.72. The largest absolute Gasteiger partial charge is 0.330 e. The molecule has 0 spiro atoms. The summed E-state index contributed by atoms with van der Waals surface area (Å²) in [7, 11) is 0. The minimum Gasteiger partial charge on any atom is -0.330 e. The number of hydrogen-bond acceptors (Lipinski definition) is 4. The number of fused-ring (bicyclic) bond motifs is 1. The van der Waals surface area contributed by atoms with Crippen LogP contribution < -0.4 is 10.2 Å². The Morgan fingerprint density at radius 1 is 1.20 bits per heavy atom. The number of nitrogens with one attached hydrogen (secondary N) is 1. The number of pyridine rings is 1. The fraction of sp³-hybridized carbons (Fsp3) is 0.435. The number of amides is 2. The van der Waals surface area contributed by atoms with Gasteiger partial charge in [-0.25, -0.2) is 0 Å². The van der Waals surface area contributed by atoms with Gasteiger partial charge in [-0.05, 0) is 74.7 Å². The molecule has 6 nitrogen and oxygen atoms in total. The number of anilines is 1. The van der Waals surface area contributed by atoms with E-state index in [1.165, 1.54) is 0 Å². The summed E-state index contributed by atoms with van der Waals surface area (Å²) in [5.74, 6) is 0.0946. The van der Waals surface area contributed by atoms with E-state index in [0.717, 1.165) is 55.7 Å². The molecule has 7 heteroatoms. The van der Waals surface area contributed by atoms with Crippen LogP contribution in [0.2, 0.25) is 0 Å². The zero-order valence-electron chi connectivity index (χ0n) is 17.3. The molecule has 1 aromatic heterocycles. The first-order valence-electron chi connectivity index (χ1n) is 10.5. The molecule has 3 heterocycles. The summed E-state index contributed by atoms with van der Waals surface area (Å²) in [4.78, 5) is 33.6. The molecule has 1 aromatic carbocycles. The first kappa shape index (κ1) is 22.2. The molecule has 2 aliphatic heterocycles. The van der Waals surface area contributed by atoms with Crippen molar-refractivity contribution in [2.75, 3.05) is 24.5 Å². The van der Waals surface area contributed by atoms with E-state index < -0.39 is 0 Å². The van der Waals surface area contributed by atoms with Crippen LogP contribution >= 0.6 is 12.4 Å². The highest BCUT2D eigenvalue weighted by Gasteiger charge is 2.28. The monoisotopic (exact) mass is 428 g/mol. The summed E-state index contributed by atoms with van der Waals surface area (Å²) in [6, 6.07) is 11.8. The third kappa shape index (κ3) is 4.82. The molecule has 1 unspecified atom stereocenters. The van der Waals surface area contributed by atoms with Crippen LogP contribution in [-0.2, 0) is 17.8 Å². The number of nitrogens with zero attached hydrogens (tertiary/aromatic N) is 3. The van der Waals surface area contributed by atoms with Crippen LogP contribution in [0.4, 0.5) is 5.69 Å². The van der Waals surface area contributed by atoms with E-state index in [2.05, 4.69) is 10.3 Å². The second kappa shape index (κ2) is 10.0. The lowest BCUT2D eigenvalue weighted by Gasteiger charge is -2.31. The molecule has 1 atom stereocenters. The Balaban J connectivity index is 0.00000256. The van der Waals surface area contributed by atoms with E-state index in [1.54, 1.807) is 18.0 Å². The molecule has 2 amide bonds. The molecule has 160 valence electrons. The fourth-order valence-electron chi connectivity index (χ4n) is 4.37. The van der Waals surface area contributed by atoms with Gasteiger partial charge in [-0.15, -0.1) is 12.4 Å². The average molecular weight is 429 g/mol. The first-order chi connectivity index (χ1) is 14.1. The zero-order chi connectivity index (χ0) is 20.2. The molecule has 4 rings (SSSR count). The molecule has 30 heavy (non-hydrogen) atoms. The molecule has 0 saturated carbocycles. The van der Waals surface area contributed by atoms with Gasteiger partial charge in [-0.2, -0.15) is 0 Å². The predicted octanol–water partition coefficient (Wildman–Crippen LogP) is 3.20. The number of halogens is 1. The van der Waals surface area contributed by atoms with Crippen molar-refractivity contribution < 1.29 is 9.59 Å². The van der Waals surface area contributed by atoms with Crippen LogP contribution in [0.15, 0.2) is 42.6 Å². The lowest BCUT2D eigenvalue weighted by molar-refractivity contribution is -0.116. The Kier molecular flexibility index (Phi) is 7.45. The van der Waals surface area contributed by atoms with E-state index in [0.29, 0.717) is 18.7 Å². The molecular weight excluding hydrogens is 400 g/mol. The van der Waals surface area contributed by atoms with Gasteiger partial charge >= 0.3 is 0 Å². The van der Waals surface area contributed by atoms with E-state index in [9.17, 15) is 9.59 Å². The number of aromatic nitrogens is 1. The topological polar surface area (TPSA) is 65.5 Å². The quantitative estimate of drug-likeness (QED) is 0.812. The van der Waals surface area contributed by atoms with Crippen molar-refractivity contribution in [3.8, 4) is 0 Å². The summed E-state index contributed by atoms with van der Waals surface area (Å²) in [6.07, 6.45) is 5.58. The van der Waals surface area contributed by atoms with Gasteiger partial charge in [0.05, 0.1) is 12.2 Å². The number of carbonyl (C=O) groups excluding carboxylic acids is 2. The molecule has 1 saturated heterocycles. The molecule has 1 fully saturated rings. The summed E-state index contributed by atoms with van der Waals surface area (Å²) >= 11 is 0. The highest BCUT2D eigenvalue weighted by atomic mass is 35.5. The van der Waals surface area contributed by atoms with Crippen molar-refractivity contribution in [1.29, 1.82) is 0 Å². The van der Waals surface area contributed by atoms with Crippen LogP contribution in [0, 0.1) is 0 Å². The highest BCUT2D eigenvalue weighted by Crippen LogP contribution is 2.30.